The Morgan fingerprint density at radius 1 is 1.19 bits per heavy atom. The van der Waals surface area contributed by atoms with E-state index in [1.54, 1.807) is 0 Å². The van der Waals surface area contributed by atoms with Crippen molar-refractivity contribution in [3.05, 3.63) is 0 Å². The van der Waals surface area contributed by atoms with Crippen LogP contribution in [-0.2, 0) is 9.53 Å². The van der Waals surface area contributed by atoms with E-state index < -0.39 is 0 Å². The summed E-state index contributed by atoms with van der Waals surface area (Å²) in [5, 5.41) is 0. The van der Waals surface area contributed by atoms with E-state index >= 15 is 0 Å². The highest BCUT2D eigenvalue weighted by molar-refractivity contribution is 5.78. The van der Waals surface area contributed by atoms with E-state index in [2.05, 4.69) is 0 Å². The van der Waals surface area contributed by atoms with Gasteiger partial charge in [-0.2, -0.15) is 0 Å². The zero-order chi connectivity index (χ0) is 11.4. The number of ether oxygens (including phenoxy) is 1. The molecule has 2 aliphatic rings. The summed E-state index contributed by atoms with van der Waals surface area (Å²) in [6.45, 7) is 2.67. The summed E-state index contributed by atoms with van der Waals surface area (Å²) in [5.41, 5.74) is 0. The van der Waals surface area contributed by atoms with Gasteiger partial charge in [0.1, 0.15) is 0 Å². The number of carbonyl (C=O) groups is 1. The van der Waals surface area contributed by atoms with Gasteiger partial charge in [-0.05, 0) is 31.6 Å². The number of nitrogens with zero attached hydrogens (tertiary/aromatic N) is 1. The first-order valence-electron chi connectivity index (χ1n) is 6.60. The van der Waals surface area contributed by atoms with E-state index in [1.807, 2.05) is 11.9 Å². The van der Waals surface area contributed by atoms with Gasteiger partial charge in [-0.1, -0.05) is 12.8 Å². The molecule has 0 unspecified atom stereocenters. The summed E-state index contributed by atoms with van der Waals surface area (Å²) >= 11 is 0. The lowest BCUT2D eigenvalue weighted by molar-refractivity contribution is -0.135. The van der Waals surface area contributed by atoms with E-state index in [4.69, 9.17) is 4.74 Å². The van der Waals surface area contributed by atoms with Crippen LogP contribution in [0.3, 0.4) is 0 Å². The topological polar surface area (TPSA) is 29.5 Å². The molecule has 0 aromatic rings. The van der Waals surface area contributed by atoms with Gasteiger partial charge in [-0.25, -0.2) is 0 Å². The number of hydrogen-bond donors (Lipinski definition) is 0. The maximum absolute atomic E-state index is 12.1. The normalized spacial score (nSPS) is 23.6. The highest BCUT2D eigenvalue weighted by Gasteiger charge is 2.27. The van der Waals surface area contributed by atoms with Crippen LogP contribution >= 0.6 is 0 Å². The van der Waals surface area contributed by atoms with Crippen LogP contribution < -0.4 is 0 Å². The Morgan fingerprint density at radius 3 is 2.44 bits per heavy atom. The van der Waals surface area contributed by atoms with Crippen molar-refractivity contribution in [3.63, 3.8) is 0 Å². The fraction of sp³-hybridized carbons (Fsp3) is 0.923. The minimum absolute atomic E-state index is 0.324. The molecule has 0 bridgehead atoms. The van der Waals surface area contributed by atoms with Crippen molar-refractivity contribution < 1.29 is 9.53 Å². The summed E-state index contributed by atoms with van der Waals surface area (Å²) in [6, 6.07) is 0. The quantitative estimate of drug-likeness (QED) is 0.736. The van der Waals surface area contributed by atoms with Gasteiger partial charge in [0.05, 0.1) is 0 Å². The van der Waals surface area contributed by atoms with E-state index in [9.17, 15) is 4.79 Å². The first-order valence-corrected chi connectivity index (χ1v) is 6.60. The zero-order valence-corrected chi connectivity index (χ0v) is 10.3. The lowest BCUT2D eigenvalue weighted by atomic mass is 9.99. The van der Waals surface area contributed by atoms with Gasteiger partial charge in [0.2, 0.25) is 5.91 Å². The Kier molecular flexibility index (Phi) is 4.22. The average molecular weight is 225 g/mol. The molecular weight excluding hydrogens is 202 g/mol. The second-order valence-electron chi connectivity index (χ2n) is 5.26. The SMILES string of the molecule is CN(CC1CCOCC1)C(=O)C1CCCC1. The molecule has 1 amide bonds. The molecule has 0 N–H and O–H groups in total. The van der Waals surface area contributed by atoms with Crippen molar-refractivity contribution in [3.8, 4) is 0 Å². The average Bonchev–Trinajstić information content (AvgIpc) is 2.83. The Balaban J connectivity index is 1.77. The van der Waals surface area contributed by atoms with Crippen LogP contribution in [0.1, 0.15) is 38.5 Å². The molecule has 1 heterocycles. The second-order valence-corrected chi connectivity index (χ2v) is 5.26. The van der Waals surface area contributed by atoms with Gasteiger partial charge in [-0.15, -0.1) is 0 Å². The molecule has 92 valence electrons. The van der Waals surface area contributed by atoms with Gasteiger partial charge in [0.15, 0.2) is 0 Å². The first kappa shape index (κ1) is 11.9. The van der Waals surface area contributed by atoms with Crippen LogP contribution in [0.15, 0.2) is 0 Å². The third kappa shape index (κ3) is 2.97. The van der Waals surface area contributed by atoms with E-state index in [-0.39, 0.29) is 0 Å². The standard InChI is InChI=1S/C13H23NO2/c1-14(10-11-6-8-16-9-7-11)13(15)12-4-2-3-5-12/h11-12H,2-10H2,1H3. The van der Waals surface area contributed by atoms with Crippen molar-refractivity contribution in [1.82, 2.24) is 4.90 Å². The van der Waals surface area contributed by atoms with Gasteiger partial charge in [-0.3, -0.25) is 4.79 Å². The van der Waals surface area contributed by atoms with Crippen LogP contribution in [0.4, 0.5) is 0 Å². The van der Waals surface area contributed by atoms with Crippen molar-refractivity contribution in [2.45, 2.75) is 38.5 Å². The van der Waals surface area contributed by atoms with E-state index in [1.165, 1.54) is 12.8 Å². The maximum Gasteiger partial charge on any atom is 0.225 e. The smallest absolute Gasteiger partial charge is 0.225 e. The van der Waals surface area contributed by atoms with Crippen LogP contribution in [0.25, 0.3) is 0 Å². The minimum atomic E-state index is 0.324. The molecule has 16 heavy (non-hydrogen) atoms. The highest BCUT2D eigenvalue weighted by atomic mass is 16.5. The van der Waals surface area contributed by atoms with E-state index in [0.717, 1.165) is 45.4 Å². The molecular formula is C13H23NO2. The molecule has 1 saturated carbocycles. The molecule has 3 heteroatoms. The lowest BCUT2D eigenvalue weighted by Gasteiger charge is -2.28. The molecule has 0 spiro atoms. The first-order chi connectivity index (χ1) is 7.77. The van der Waals surface area contributed by atoms with Crippen molar-refractivity contribution in [2.75, 3.05) is 26.8 Å². The van der Waals surface area contributed by atoms with Crippen LogP contribution in [0.2, 0.25) is 0 Å². The molecule has 3 nitrogen and oxygen atoms in total. The molecule has 0 aromatic heterocycles. The van der Waals surface area contributed by atoms with Crippen LogP contribution in [-0.4, -0.2) is 37.6 Å². The van der Waals surface area contributed by atoms with Crippen LogP contribution in [0.5, 0.6) is 0 Å². The molecule has 0 aromatic carbocycles. The molecule has 1 aliphatic heterocycles. The molecule has 2 fully saturated rings. The van der Waals surface area contributed by atoms with Crippen molar-refractivity contribution in [2.24, 2.45) is 11.8 Å². The highest BCUT2D eigenvalue weighted by Crippen LogP contribution is 2.27. The zero-order valence-electron chi connectivity index (χ0n) is 10.3. The summed E-state index contributed by atoms with van der Waals surface area (Å²) in [5.74, 6) is 1.36. The third-order valence-corrected chi connectivity index (χ3v) is 3.95. The number of rotatable bonds is 3. The second kappa shape index (κ2) is 5.67. The fourth-order valence-electron chi connectivity index (χ4n) is 2.89. The van der Waals surface area contributed by atoms with Crippen molar-refractivity contribution in [1.29, 1.82) is 0 Å². The Bertz CT molecular complexity index is 230. The van der Waals surface area contributed by atoms with Crippen LogP contribution in [0, 0.1) is 11.8 Å². The number of hydrogen-bond acceptors (Lipinski definition) is 2. The lowest BCUT2D eigenvalue weighted by Crippen LogP contribution is -2.37. The Labute approximate surface area is 98.1 Å². The predicted molar refractivity (Wildman–Crippen MR) is 63.1 cm³/mol. The fourth-order valence-corrected chi connectivity index (χ4v) is 2.89. The van der Waals surface area contributed by atoms with Gasteiger partial charge < -0.3 is 9.64 Å². The largest absolute Gasteiger partial charge is 0.381 e. The maximum atomic E-state index is 12.1. The molecule has 0 atom stereocenters. The number of amides is 1. The van der Waals surface area contributed by atoms with Gasteiger partial charge >= 0.3 is 0 Å². The van der Waals surface area contributed by atoms with E-state index in [0.29, 0.717) is 17.7 Å². The summed E-state index contributed by atoms with van der Waals surface area (Å²) in [4.78, 5) is 14.1. The number of carbonyl (C=O) groups excluding carboxylic acids is 1. The van der Waals surface area contributed by atoms with Crippen molar-refractivity contribution >= 4 is 5.91 Å². The Morgan fingerprint density at radius 2 is 1.81 bits per heavy atom. The summed E-state index contributed by atoms with van der Waals surface area (Å²) in [6.07, 6.45) is 6.92. The molecule has 1 aliphatic carbocycles. The monoisotopic (exact) mass is 225 g/mol. The van der Waals surface area contributed by atoms with Gasteiger partial charge in [0.25, 0.3) is 0 Å². The molecule has 0 radical (unpaired) electrons. The van der Waals surface area contributed by atoms with Gasteiger partial charge in [0, 0.05) is 32.7 Å². The summed E-state index contributed by atoms with van der Waals surface area (Å²) in [7, 11) is 1.97. The summed E-state index contributed by atoms with van der Waals surface area (Å²) < 4.78 is 5.34. The molecule has 1 saturated heterocycles. The molecule has 2 rings (SSSR count). The predicted octanol–water partition coefficient (Wildman–Crippen LogP) is 2.06. The minimum Gasteiger partial charge on any atom is -0.381 e. The Hall–Kier alpha value is -0.570. The third-order valence-electron chi connectivity index (χ3n) is 3.95.